The van der Waals surface area contributed by atoms with E-state index in [-0.39, 0.29) is 6.10 Å². The number of aliphatic hydroxyl groups is 1. The maximum Gasteiger partial charge on any atom is 0.132 e. The maximum absolute atomic E-state index is 9.61. The third-order valence-corrected chi connectivity index (χ3v) is 3.89. The lowest BCUT2D eigenvalue weighted by atomic mass is 9.87. The van der Waals surface area contributed by atoms with E-state index in [0.29, 0.717) is 5.92 Å². The van der Waals surface area contributed by atoms with Crippen molar-refractivity contribution in [1.29, 1.82) is 0 Å². The molecule has 0 bridgehead atoms. The number of hydrogen-bond donors (Lipinski definition) is 1. The van der Waals surface area contributed by atoms with Gasteiger partial charge < -0.3 is 5.11 Å². The predicted octanol–water partition coefficient (Wildman–Crippen LogP) is 2.87. The summed E-state index contributed by atoms with van der Waals surface area (Å²) < 4.78 is 0. The Hall–Kier alpha value is -1.81. The standard InChI is InChI=1S/C16H19N3O/c1-11-9-15(13-3-2-8-17-10-13)19-16(18-11)12-4-6-14(20)7-5-12/h2-3,8-10,12,14,20H,4-7H2,1H3. The molecule has 0 aromatic carbocycles. The predicted molar refractivity (Wildman–Crippen MR) is 77.2 cm³/mol. The van der Waals surface area contributed by atoms with Crippen LogP contribution in [0.25, 0.3) is 11.3 Å². The highest BCUT2D eigenvalue weighted by Crippen LogP contribution is 2.32. The van der Waals surface area contributed by atoms with Crippen molar-refractivity contribution in [1.82, 2.24) is 15.0 Å². The average molecular weight is 269 g/mol. The van der Waals surface area contributed by atoms with Crippen LogP contribution in [0.5, 0.6) is 0 Å². The molecule has 4 heteroatoms. The molecule has 4 nitrogen and oxygen atoms in total. The zero-order valence-corrected chi connectivity index (χ0v) is 11.7. The van der Waals surface area contributed by atoms with Crippen LogP contribution >= 0.6 is 0 Å². The first-order valence-corrected chi connectivity index (χ1v) is 7.16. The second kappa shape index (κ2) is 5.67. The van der Waals surface area contributed by atoms with E-state index < -0.39 is 0 Å². The lowest BCUT2D eigenvalue weighted by molar-refractivity contribution is 0.121. The topological polar surface area (TPSA) is 58.9 Å². The van der Waals surface area contributed by atoms with Gasteiger partial charge in [0, 0.05) is 29.6 Å². The lowest BCUT2D eigenvalue weighted by Gasteiger charge is -2.24. The molecule has 1 aliphatic carbocycles. The summed E-state index contributed by atoms with van der Waals surface area (Å²) in [7, 11) is 0. The molecule has 2 aromatic heterocycles. The molecule has 1 N–H and O–H groups in total. The second-order valence-electron chi connectivity index (χ2n) is 5.50. The van der Waals surface area contributed by atoms with Crippen LogP contribution in [0.4, 0.5) is 0 Å². The molecule has 1 fully saturated rings. The molecule has 0 unspecified atom stereocenters. The first-order valence-electron chi connectivity index (χ1n) is 7.16. The van der Waals surface area contributed by atoms with Crippen molar-refractivity contribution in [3.63, 3.8) is 0 Å². The second-order valence-corrected chi connectivity index (χ2v) is 5.50. The summed E-state index contributed by atoms with van der Waals surface area (Å²) >= 11 is 0. The Morgan fingerprint density at radius 2 is 1.95 bits per heavy atom. The molecule has 104 valence electrons. The van der Waals surface area contributed by atoms with E-state index in [9.17, 15) is 5.11 Å². The van der Waals surface area contributed by atoms with Crippen LogP contribution in [0.1, 0.15) is 43.1 Å². The number of rotatable bonds is 2. The summed E-state index contributed by atoms with van der Waals surface area (Å²) in [5, 5.41) is 9.61. The fraction of sp³-hybridized carbons (Fsp3) is 0.438. The van der Waals surface area contributed by atoms with Crippen molar-refractivity contribution in [3.8, 4) is 11.3 Å². The summed E-state index contributed by atoms with van der Waals surface area (Å²) in [5.74, 6) is 1.28. The van der Waals surface area contributed by atoms with Crippen LogP contribution in [0.2, 0.25) is 0 Å². The monoisotopic (exact) mass is 269 g/mol. The van der Waals surface area contributed by atoms with Crippen LogP contribution in [-0.2, 0) is 0 Å². The van der Waals surface area contributed by atoms with E-state index in [4.69, 9.17) is 4.98 Å². The van der Waals surface area contributed by atoms with Gasteiger partial charge in [-0.1, -0.05) is 0 Å². The quantitative estimate of drug-likeness (QED) is 0.910. The molecule has 0 radical (unpaired) electrons. The minimum absolute atomic E-state index is 0.145. The molecule has 2 heterocycles. The van der Waals surface area contributed by atoms with Crippen LogP contribution < -0.4 is 0 Å². The minimum atomic E-state index is -0.145. The van der Waals surface area contributed by atoms with Gasteiger partial charge in [0.2, 0.25) is 0 Å². The van der Waals surface area contributed by atoms with E-state index in [2.05, 4.69) is 9.97 Å². The van der Waals surface area contributed by atoms with Crippen molar-refractivity contribution in [2.75, 3.05) is 0 Å². The van der Waals surface area contributed by atoms with Gasteiger partial charge in [-0.05, 0) is 50.8 Å². The number of pyridine rings is 1. The molecule has 0 amide bonds. The third-order valence-electron chi connectivity index (χ3n) is 3.89. The van der Waals surface area contributed by atoms with E-state index in [1.165, 1.54) is 0 Å². The number of aliphatic hydroxyl groups excluding tert-OH is 1. The van der Waals surface area contributed by atoms with Gasteiger partial charge in [-0.25, -0.2) is 9.97 Å². The van der Waals surface area contributed by atoms with Gasteiger partial charge in [-0.2, -0.15) is 0 Å². The highest BCUT2D eigenvalue weighted by Gasteiger charge is 2.23. The van der Waals surface area contributed by atoms with Crippen molar-refractivity contribution < 1.29 is 5.11 Å². The molecule has 0 aliphatic heterocycles. The molecule has 0 saturated heterocycles. The van der Waals surface area contributed by atoms with Crippen molar-refractivity contribution in [2.45, 2.75) is 44.6 Å². The SMILES string of the molecule is Cc1cc(-c2cccnc2)nc(C2CCC(O)CC2)n1. The number of hydrogen-bond acceptors (Lipinski definition) is 4. The molecule has 0 spiro atoms. The fourth-order valence-electron chi connectivity index (χ4n) is 2.77. The van der Waals surface area contributed by atoms with Crippen molar-refractivity contribution in [2.24, 2.45) is 0 Å². The van der Waals surface area contributed by atoms with E-state index in [1.807, 2.05) is 31.3 Å². The first-order chi connectivity index (χ1) is 9.72. The Morgan fingerprint density at radius 3 is 2.65 bits per heavy atom. The Morgan fingerprint density at radius 1 is 1.15 bits per heavy atom. The summed E-state index contributed by atoms with van der Waals surface area (Å²) in [6.45, 7) is 2.00. The van der Waals surface area contributed by atoms with Crippen LogP contribution in [-0.4, -0.2) is 26.2 Å². The average Bonchev–Trinajstić information content (AvgIpc) is 2.48. The van der Waals surface area contributed by atoms with Gasteiger partial charge in [0.1, 0.15) is 5.82 Å². The number of nitrogens with zero attached hydrogens (tertiary/aromatic N) is 3. The molecular formula is C16H19N3O. The van der Waals surface area contributed by atoms with Gasteiger partial charge in [-0.3, -0.25) is 4.98 Å². The molecule has 3 rings (SSSR count). The highest BCUT2D eigenvalue weighted by molar-refractivity contribution is 5.57. The maximum atomic E-state index is 9.61. The fourth-order valence-corrected chi connectivity index (χ4v) is 2.77. The zero-order valence-electron chi connectivity index (χ0n) is 11.7. The van der Waals surface area contributed by atoms with Gasteiger partial charge in [0.15, 0.2) is 0 Å². The molecule has 1 saturated carbocycles. The minimum Gasteiger partial charge on any atom is -0.393 e. The lowest BCUT2D eigenvalue weighted by Crippen LogP contribution is -2.18. The van der Waals surface area contributed by atoms with Crippen molar-refractivity contribution in [3.05, 3.63) is 42.1 Å². The Balaban J connectivity index is 1.91. The number of aromatic nitrogens is 3. The Labute approximate surface area is 118 Å². The van der Waals surface area contributed by atoms with Crippen LogP contribution in [0.15, 0.2) is 30.6 Å². The van der Waals surface area contributed by atoms with E-state index >= 15 is 0 Å². The number of aryl methyl sites for hydroxylation is 1. The Kier molecular flexibility index (Phi) is 3.74. The van der Waals surface area contributed by atoms with Gasteiger partial charge >= 0.3 is 0 Å². The largest absolute Gasteiger partial charge is 0.393 e. The van der Waals surface area contributed by atoms with Crippen LogP contribution in [0.3, 0.4) is 0 Å². The van der Waals surface area contributed by atoms with E-state index in [0.717, 1.165) is 48.5 Å². The molecule has 1 aliphatic rings. The summed E-state index contributed by atoms with van der Waals surface area (Å²) in [5.41, 5.74) is 2.95. The molecule has 20 heavy (non-hydrogen) atoms. The van der Waals surface area contributed by atoms with Gasteiger partial charge in [0.25, 0.3) is 0 Å². The summed E-state index contributed by atoms with van der Waals surface area (Å²) in [4.78, 5) is 13.5. The van der Waals surface area contributed by atoms with Gasteiger partial charge in [0.05, 0.1) is 11.8 Å². The molecule has 2 aromatic rings. The smallest absolute Gasteiger partial charge is 0.132 e. The zero-order chi connectivity index (χ0) is 13.9. The normalized spacial score (nSPS) is 22.7. The third kappa shape index (κ3) is 2.85. The Bertz CT molecular complexity index is 578. The van der Waals surface area contributed by atoms with Crippen molar-refractivity contribution >= 4 is 0 Å². The van der Waals surface area contributed by atoms with Gasteiger partial charge in [-0.15, -0.1) is 0 Å². The molecular weight excluding hydrogens is 250 g/mol. The summed E-state index contributed by atoms with van der Waals surface area (Å²) in [6.07, 6.45) is 7.09. The molecule has 0 atom stereocenters. The van der Waals surface area contributed by atoms with E-state index in [1.54, 1.807) is 6.20 Å². The highest BCUT2D eigenvalue weighted by atomic mass is 16.3. The first kappa shape index (κ1) is 13.2. The van der Waals surface area contributed by atoms with Crippen LogP contribution in [0, 0.1) is 6.92 Å². The summed E-state index contributed by atoms with van der Waals surface area (Å²) in [6, 6.07) is 5.94.